The summed E-state index contributed by atoms with van der Waals surface area (Å²) in [7, 11) is 3.30. The van der Waals surface area contributed by atoms with E-state index in [2.05, 4.69) is 6.07 Å². The van der Waals surface area contributed by atoms with E-state index in [0.717, 1.165) is 12.1 Å². The first kappa shape index (κ1) is 14.5. The maximum atomic E-state index is 11.6. The summed E-state index contributed by atoms with van der Waals surface area (Å²) in [5, 5.41) is 8.73. The van der Waals surface area contributed by atoms with Crippen LogP contribution in [0.1, 0.15) is 17.5 Å². The summed E-state index contributed by atoms with van der Waals surface area (Å²) >= 11 is 0. The fourth-order valence-electron chi connectivity index (χ4n) is 2.37. The van der Waals surface area contributed by atoms with Crippen molar-refractivity contribution in [2.24, 2.45) is 0 Å². The van der Waals surface area contributed by atoms with E-state index < -0.39 is 0 Å². The quantitative estimate of drug-likeness (QED) is 0.775. The molecule has 1 saturated heterocycles. The summed E-state index contributed by atoms with van der Waals surface area (Å²) in [6.45, 7) is 1.20. The van der Waals surface area contributed by atoms with Crippen molar-refractivity contribution in [2.45, 2.75) is 25.2 Å². The molecule has 0 N–H and O–H groups in total. The second kappa shape index (κ2) is 6.51. The number of carbonyl (C=O) groups is 1. The van der Waals surface area contributed by atoms with Crippen LogP contribution in [0.25, 0.3) is 0 Å². The lowest BCUT2D eigenvalue weighted by molar-refractivity contribution is -0.145. The zero-order chi connectivity index (χ0) is 14.5. The first-order valence-corrected chi connectivity index (χ1v) is 6.52. The summed E-state index contributed by atoms with van der Waals surface area (Å²) < 4.78 is 10.6. The highest BCUT2D eigenvalue weighted by Gasteiger charge is 2.35. The Morgan fingerprint density at radius 1 is 1.45 bits per heavy atom. The lowest BCUT2D eigenvalue weighted by Gasteiger charge is -2.15. The number of rotatable bonds is 4. The Morgan fingerprint density at radius 3 is 2.75 bits per heavy atom. The number of esters is 1. The van der Waals surface area contributed by atoms with Crippen molar-refractivity contribution in [3.05, 3.63) is 35.4 Å². The molecule has 0 spiro atoms. The lowest BCUT2D eigenvalue weighted by Crippen LogP contribution is -2.33. The van der Waals surface area contributed by atoms with Gasteiger partial charge in [0.2, 0.25) is 0 Å². The average molecular weight is 274 g/mol. The topological polar surface area (TPSA) is 62.6 Å². The molecule has 0 amide bonds. The van der Waals surface area contributed by atoms with Crippen molar-refractivity contribution in [3.63, 3.8) is 0 Å². The van der Waals surface area contributed by atoms with E-state index in [-0.39, 0.29) is 18.1 Å². The van der Waals surface area contributed by atoms with E-state index in [1.165, 1.54) is 7.11 Å². The van der Waals surface area contributed by atoms with Crippen LogP contribution in [0.2, 0.25) is 0 Å². The molecule has 2 rings (SSSR count). The normalized spacial score (nSPS) is 22.4. The molecule has 2 atom stereocenters. The number of hydrogen-bond acceptors (Lipinski definition) is 5. The van der Waals surface area contributed by atoms with Crippen molar-refractivity contribution in [2.75, 3.05) is 20.7 Å². The largest absolute Gasteiger partial charge is 0.468 e. The van der Waals surface area contributed by atoms with Crippen LogP contribution in [-0.4, -0.2) is 43.7 Å². The van der Waals surface area contributed by atoms with Crippen LogP contribution in [-0.2, 0) is 20.9 Å². The molecule has 106 valence electrons. The predicted molar refractivity (Wildman–Crippen MR) is 72.8 cm³/mol. The fraction of sp³-hybridized carbons (Fsp3) is 0.467. The predicted octanol–water partition coefficient (Wildman–Crippen LogP) is 1.32. The Morgan fingerprint density at radius 2 is 2.15 bits per heavy atom. The van der Waals surface area contributed by atoms with Gasteiger partial charge in [-0.1, -0.05) is 12.1 Å². The van der Waals surface area contributed by atoms with Crippen LogP contribution in [0.3, 0.4) is 0 Å². The highest BCUT2D eigenvalue weighted by molar-refractivity contribution is 5.76. The van der Waals surface area contributed by atoms with Gasteiger partial charge in [-0.3, -0.25) is 9.69 Å². The number of ether oxygens (including phenoxy) is 2. The van der Waals surface area contributed by atoms with Gasteiger partial charge in [-0.25, -0.2) is 0 Å². The Hall–Kier alpha value is -1.90. The molecule has 1 aromatic rings. The maximum absolute atomic E-state index is 11.6. The smallest absolute Gasteiger partial charge is 0.323 e. The molecule has 0 radical (unpaired) electrons. The van der Waals surface area contributed by atoms with Crippen LogP contribution in [0.15, 0.2) is 24.3 Å². The molecule has 20 heavy (non-hydrogen) atoms. The SMILES string of the molecule is COC(=O)C1CC(OCc2ccc(C#N)cc2)CN1C. The van der Waals surface area contributed by atoms with E-state index in [0.29, 0.717) is 18.6 Å². The Kier molecular flexibility index (Phi) is 4.72. The Bertz CT molecular complexity index is 507. The van der Waals surface area contributed by atoms with E-state index >= 15 is 0 Å². The van der Waals surface area contributed by atoms with Crippen molar-refractivity contribution in [1.29, 1.82) is 5.26 Å². The molecule has 0 aromatic heterocycles. The van der Waals surface area contributed by atoms with Crippen LogP contribution >= 0.6 is 0 Å². The van der Waals surface area contributed by atoms with Gasteiger partial charge < -0.3 is 9.47 Å². The van der Waals surface area contributed by atoms with Gasteiger partial charge in [0.25, 0.3) is 0 Å². The van der Waals surface area contributed by atoms with Crippen LogP contribution < -0.4 is 0 Å². The third-order valence-corrected chi connectivity index (χ3v) is 3.55. The molecule has 1 aliphatic heterocycles. The third kappa shape index (κ3) is 3.35. The molecule has 2 unspecified atom stereocenters. The van der Waals surface area contributed by atoms with Crippen molar-refractivity contribution < 1.29 is 14.3 Å². The van der Waals surface area contributed by atoms with Crippen LogP contribution in [0.5, 0.6) is 0 Å². The molecular weight excluding hydrogens is 256 g/mol. The first-order valence-electron chi connectivity index (χ1n) is 6.52. The Labute approximate surface area is 118 Å². The highest BCUT2D eigenvalue weighted by Crippen LogP contribution is 2.20. The Balaban J connectivity index is 1.86. The lowest BCUT2D eigenvalue weighted by atomic mass is 10.1. The summed E-state index contributed by atoms with van der Waals surface area (Å²) in [5.74, 6) is -0.211. The fourth-order valence-corrected chi connectivity index (χ4v) is 2.37. The molecular formula is C15H18N2O3. The highest BCUT2D eigenvalue weighted by atomic mass is 16.5. The minimum Gasteiger partial charge on any atom is -0.468 e. The molecule has 5 heteroatoms. The molecule has 1 fully saturated rings. The monoisotopic (exact) mass is 274 g/mol. The van der Waals surface area contributed by atoms with Crippen molar-refractivity contribution >= 4 is 5.97 Å². The van der Waals surface area contributed by atoms with E-state index in [1.807, 2.05) is 24.1 Å². The van der Waals surface area contributed by atoms with Gasteiger partial charge in [-0.15, -0.1) is 0 Å². The number of nitrogens with zero attached hydrogens (tertiary/aromatic N) is 2. The van der Waals surface area contributed by atoms with Gasteiger partial charge in [0, 0.05) is 13.0 Å². The molecule has 1 aliphatic rings. The number of nitriles is 1. The summed E-state index contributed by atoms with van der Waals surface area (Å²) in [6, 6.07) is 9.18. The summed E-state index contributed by atoms with van der Waals surface area (Å²) in [6.07, 6.45) is 0.680. The molecule has 0 aliphatic carbocycles. The number of carbonyl (C=O) groups excluding carboxylic acids is 1. The number of likely N-dealkylation sites (tertiary alicyclic amines) is 1. The minimum atomic E-state index is -0.217. The standard InChI is InChI=1S/C15H18N2O3/c1-17-9-13(7-14(17)15(18)19-2)20-10-12-5-3-11(8-16)4-6-12/h3-6,13-14H,7,9-10H2,1-2H3. The summed E-state index contributed by atoms with van der Waals surface area (Å²) in [4.78, 5) is 13.5. The molecule has 5 nitrogen and oxygen atoms in total. The molecule has 0 bridgehead atoms. The molecule has 0 saturated carbocycles. The number of benzene rings is 1. The van der Waals surface area contributed by atoms with Gasteiger partial charge in [0.05, 0.1) is 31.5 Å². The number of likely N-dealkylation sites (N-methyl/N-ethyl adjacent to an activating group) is 1. The number of methoxy groups -OCH3 is 1. The van der Waals surface area contributed by atoms with Gasteiger partial charge in [0.15, 0.2) is 0 Å². The van der Waals surface area contributed by atoms with Gasteiger partial charge in [-0.05, 0) is 24.7 Å². The van der Waals surface area contributed by atoms with E-state index in [9.17, 15) is 4.79 Å². The second-order valence-corrected chi connectivity index (χ2v) is 4.96. The minimum absolute atomic E-state index is 0.0275. The summed E-state index contributed by atoms with van der Waals surface area (Å²) in [5.41, 5.74) is 1.66. The average Bonchev–Trinajstić information content (AvgIpc) is 2.86. The van der Waals surface area contributed by atoms with Crippen molar-refractivity contribution in [1.82, 2.24) is 4.90 Å². The van der Waals surface area contributed by atoms with E-state index in [4.69, 9.17) is 14.7 Å². The number of hydrogen-bond donors (Lipinski definition) is 0. The van der Waals surface area contributed by atoms with Gasteiger partial charge in [0.1, 0.15) is 6.04 Å². The molecule has 1 heterocycles. The molecule has 1 aromatic carbocycles. The zero-order valence-corrected chi connectivity index (χ0v) is 11.7. The van der Waals surface area contributed by atoms with Crippen LogP contribution in [0, 0.1) is 11.3 Å². The maximum Gasteiger partial charge on any atom is 0.323 e. The second-order valence-electron chi connectivity index (χ2n) is 4.96. The third-order valence-electron chi connectivity index (χ3n) is 3.55. The first-order chi connectivity index (χ1) is 9.63. The zero-order valence-electron chi connectivity index (χ0n) is 11.7. The van der Waals surface area contributed by atoms with Gasteiger partial charge in [-0.2, -0.15) is 5.26 Å². The van der Waals surface area contributed by atoms with Gasteiger partial charge >= 0.3 is 5.97 Å². The van der Waals surface area contributed by atoms with Crippen LogP contribution in [0.4, 0.5) is 0 Å². The van der Waals surface area contributed by atoms with E-state index in [1.54, 1.807) is 12.1 Å². The van der Waals surface area contributed by atoms with Crippen molar-refractivity contribution in [3.8, 4) is 6.07 Å².